The second kappa shape index (κ2) is 5.96. The summed E-state index contributed by atoms with van der Waals surface area (Å²) in [4.78, 5) is 36.6. The highest BCUT2D eigenvalue weighted by atomic mass is 32.2. The predicted molar refractivity (Wildman–Crippen MR) is 85.3 cm³/mol. The van der Waals surface area contributed by atoms with Crippen molar-refractivity contribution in [3.8, 4) is 0 Å². The number of anilines is 1. The molecule has 0 radical (unpaired) electrons. The molecule has 1 aromatic rings. The molecule has 0 aliphatic carbocycles. The molecule has 7 nitrogen and oxygen atoms in total. The first-order valence-corrected chi connectivity index (χ1v) is 8.05. The van der Waals surface area contributed by atoms with Crippen molar-refractivity contribution in [3.63, 3.8) is 0 Å². The number of nitrogen functional groups attached to an aromatic ring is 1. The lowest BCUT2D eigenvalue weighted by Crippen LogP contribution is -2.70. The molecule has 1 aromatic carbocycles. The summed E-state index contributed by atoms with van der Waals surface area (Å²) in [5.41, 5.74) is 6.99. The summed E-state index contributed by atoms with van der Waals surface area (Å²) in [5, 5.41) is 11.4. The summed E-state index contributed by atoms with van der Waals surface area (Å²) in [5.74, 6) is -1.35. The van der Waals surface area contributed by atoms with E-state index in [1.165, 1.54) is 22.7 Å². The van der Waals surface area contributed by atoms with Crippen molar-refractivity contribution in [1.82, 2.24) is 10.2 Å². The van der Waals surface area contributed by atoms with E-state index in [0.29, 0.717) is 17.0 Å². The highest BCUT2D eigenvalue weighted by molar-refractivity contribution is 8.00. The van der Waals surface area contributed by atoms with Gasteiger partial charge in [-0.3, -0.25) is 14.5 Å². The molecule has 0 spiro atoms. The number of β-lactam (4-membered cyclic amide) rings is 1. The number of carbonyl (C=O) groups excluding carboxylic acids is 2. The largest absolute Gasteiger partial charge is 0.477 e. The smallest absolute Gasteiger partial charge is 0.352 e. The maximum absolute atomic E-state index is 12.1. The number of hydrogen-bond acceptors (Lipinski definition) is 5. The second-order valence-corrected chi connectivity index (χ2v) is 6.40. The fourth-order valence-electron chi connectivity index (χ4n) is 2.63. The van der Waals surface area contributed by atoms with Gasteiger partial charge in [0.2, 0.25) is 5.91 Å². The first kappa shape index (κ1) is 15.4. The molecule has 1 unspecified atom stereocenters. The van der Waals surface area contributed by atoms with Crippen LogP contribution in [0.25, 0.3) is 0 Å². The van der Waals surface area contributed by atoms with Crippen LogP contribution in [0.1, 0.15) is 5.56 Å². The molecular formula is C15H15N3O4S. The van der Waals surface area contributed by atoms with Crippen LogP contribution < -0.4 is 11.1 Å². The van der Waals surface area contributed by atoms with Gasteiger partial charge in [-0.05, 0) is 17.7 Å². The number of aliphatic carboxylic acids is 1. The first-order valence-electron chi connectivity index (χ1n) is 7.00. The van der Waals surface area contributed by atoms with E-state index >= 15 is 0 Å². The quantitative estimate of drug-likeness (QED) is 0.535. The maximum atomic E-state index is 12.1. The topological polar surface area (TPSA) is 113 Å². The Kier molecular flexibility index (Phi) is 3.99. The van der Waals surface area contributed by atoms with E-state index in [4.69, 9.17) is 10.8 Å². The molecule has 0 aromatic heterocycles. The van der Waals surface area contributed by atoms with E-state index in [-0.39, 0.29) is 23.4 Å². The van der Waals surface area contributed by atoms with Crippen molar-refractivity contribution in [1.29, 1.82) is 0 Å². The van der Waals surface area contributed by atoms with E-state index in [1.807, 2.05) is 0 Å². The number of amides is 2. The fraction of sp³-hybridized carbons (Fsp3) is 0.267. The minimum Gasteiger partial charge on any atom is -0.477 e. The number of thioether (sulfide) groups is 1. The van der Waals surface area contributed by atoms with Gasteiger partial charge in [0.1, 0.15) is 17.1 Å². The zero-order chi connectivity index (χ0) is 16.6. The third kappa shape index (κ3) is 2.77. The standard InChI is InChI=1S/C15H15N3O4S/c16-9-4-2-1-3-8(9)7-11(19)17-12-13(20)18-10(15(21)22)5-6-23-14(12)18/h1-5,12,14H,6-7,16H2,(H,17,19)(H,21,22)/t12?,14-/m1/s1. The van der Waals surface area contributed by atoms with E-state index in [0.717, 1.165) is 0 Å². The lowest BCUT2D eigenvalue weighted by molar-refractivity contribution is -0.150. The zero-order valence-corrected chi connectivity index (χ0v) is 12.9. The number of benzene rings is 1. The molecule has 0 bridgehead atoms. The number of para-hydroxylation sites is 1. The van der Waals surface area contributed by atoms with E-state index in [9.17, 15) is 14.4 Å². The molecule has 0 saturated carbocycles. The second-order valence-electron chi connectivity index (χ2n) is 5.25. The molecule has 120 valence electrons. The highest BCUT2D eigenvalue weighted by Gasteiger charge is 2.52. The molecule has 2 amide bonds. The normalized spacial score (nSPS) is 22.7. The van der Waals surface area contributed by atoms with Gasteiger partial charge in [-0.2, -0.15) is 0 Å². The molecule has 2 aliphatic rings. The Morgan fingerprint density at radius 2 is 2.13 bits per heavy atom. The number of nitrogens with zero attached hydrogens (tertiary/aromatic N) is 1. The Balaban J connectivity index is 1.65. The molecule has 1 fully saturated rings. The van der Waals surface area contributed by atoms with Crippen LogP contribution in [0, 0.1) is 0 Å². The lowest BCUT2D eigenvalue weighted by Gasteiger charge is -2.48. The van der Waals surface area contributed by atoms with Crippen molar-refractivity contribution in [2.24, 2.45) is 0 Å². The Hall–Kier alpha value is -2.48. The summed E-state index contributed by atoms with van der Waals surface area (Å²) >= 11 is 1.42. The van der Waals surface area contributed by atoms with Crippen molar-refractivity contribution >= 4 is 35.2 Å². The van der Waals surface area contributed by atoms with Crippen LogP contribution in [0.4, 0.5) is 5.69 Å². The molecule has 23 heavy (non-hydrogen) atoms. The SMILES string of the molecule is Nc1ccccc1CC(=O)NC1C(=O)N2C(C(=O)O)=CCS[C@H]12. The number of fused-ring (bicyclic) bond motifs is 1. The Morgan fingerprint density at radius 1 is 1.39 bits per heavy atom. The van der Waals surface area contributed by atoms with E-state index in [2.05, 4.69) is 5.32 Å². The highest BCUT2D eigenvalue weighted by Crippen LogP contribution is 2.37. The van der Waals surface area contributed by atoms with Crippen molar-refractivity contribution < 1.29 is 19.5 Å². The number of rotatable bonds is 4. The Morgan fingerprint density at radius 3 is 2.83 bits per heavy atom. The van der Waals surface area contributed by atoms with E-state index in [1.54, 1.807) is 24.3 Å². The van der Waals surface area contributed by atoms with Gasteiger partial charge >= 0.3 is 5.97 Å². The van der Waals surface area contributed by atoms with Gasteiger partial charge in [-0.15, -0.1) is 11.8 Å². The molecular weight excluding hydrogens is 318 g/mol. The summed E-state index contributed by atoms with van der Waals surface area (Å²) in [6, 6.07) is 6.34. The van der Waals surface area contributed by atoms with Gasteiger partial charge in [-0.1, -0.05) is 18.2 Å². The zero-order valence-electron chi connectivity index (χ0n) is 12.1. The molecule has 2 heterocycles. The van der Waals surface area contributed by atoms with Gasteiger partial charge in [0, 0.05) is 11.4 Å². The van der Waals surface area contributed by atoms with Gasteiger partial charge < -0.3 is 16.2 Å². The third-order valence-electron chi connectivity index (χ3n) is 3.79. The predicted octanol–water partition coefficient (Wildman–Crippen LogP) is 0.180. The van der Waals surface area contributed by atoms with Crippen molar-refractivity contribution in [2.45, 2.75) is 17.8 Å². The first-order chi connectivity index (χ1) is 11.0. The van der Waals surface area contributed by atoms with Crippen LogP contribution in [0.5, 0.6) is 0 Å². The van der Waals surface area contributed by atoms with Crippen LogP contribution in [0.2, 0.25) is 0 Å². The van der Waals surface area contributed by atoms with Crippen LogP contribution in [-0.4, -0.2) is 45.0 Å². The number of nitrogens with two attached hydrogens (primary N) is 1. The summed E-state index contributed by atoms with van der Waals surface area (Å²) < 4.78 is 0. The summed E-state index contributed by atoms with van der Waals surface area (Å²) in [6.07, 6.45) is 1.58. The number of nitrogens with one attached hydrogen (secondary N) is 1. The number of carbonyl (C=O) groups is 3. The van der Waals surface area contributed by atoms with Gasteiger partial charge in [0.05, 0.1) is 6.42 Å². The van der Waals surface area contributed by atoms with Crippen molar-refractivity contribution in [2.75, 3.05) is 11.5 Å². The fourth-order valence-corrected chi connectivity index (χ4v) is 3.83. The monoisotopic (exact) mass is 333 g/mol. The minimum atomic E-state index is -1.13. The number of carboxylic acids is 1. The lowest BCUT2D eigenvalue weighted by atomic mass is 10.0. The summed E-state index contributed by atoms with van der Waals surface area (Å²) in [7, 11) is 0. The van der Waals surface area contributed by atoms with Gasteiger partial charge in [0.25, 0.3) is 5.91 Å². The van der Waals surface area contributed by atoms with Crippen LogP contribution >= 0.6 is 11.8 Å². The molecule has 2 aliphatic heterocycles. The van der Waals surface area contributed by atoms with E-state index < -0.39 is 17.9 Å². The third-order valence-corrected chi connectivity index (χ3v) is 4.97. The Bertz CT molecular complexity index is 718. The molecule has 3 rings (SSSR count). The van der Waals surface area contributed by atoms with Gasteiger partial charge in [0.15, 0.2) is 0 Å². The van der Waals surface area contributed by atoms with Gasteiger partial charge in [-0.25, -0.2) is 4.79 Å². The maximum Gasteiger partial charge on any atom is 0.352 e. The molecule has 4 N–H and O–H groups in total. The van der Waals surface area contributed by atoms with Crippen LogP contribution in [0.3, 0.4) is 0 Å². The van der Waals surface area contributed by atoms with Crippen molar-refractivity contribution in [3.05, 3.63) is 41.6 Å². The number of carboxylic acid groups (broad SMARTS) is 1. The number of hydrogen-bond donors (Lipinski definition) is 3. The average molecular weight is 333 g/mol. The minimum absolute atomic E-state index is 0.0171. The summed E-state index contributed by atoms with van der Waals surface area (Å²) in [6.45, 7) is 0. The van der Waals surface area contributed by atoms with Crippen LogP contribution in [-0.2, 0) is 20.8 Å². The molecule has 8 heteroatoms. The average Bonchev–Trinajstić information content (AvgIpc) is 2.53. The molecule has 1 saturated heterocycles. The molecule has 2 atom stereocenters. The Labute approximate surface area is 136 Å². The van der Waals surface area contributed by atoms with Crippen LogP contribution in [0.15, 0.2) is 36.0 Å².